The average Bonchev–Trinajstić information content (AvgIpc) is 3.49. The molecule has 1 aliphatic heterocycles. The molecule has 0 aromatic heterocycles. The molecule has 1 atom stereocenters. The number of amides is 3. The Morgan fingerprint density at radius 2 is 1.88 bits per heavy atom. The number of piperidine rings is 1. The smallest absolute Gasteiger partial charge is 0.255 e. The summed E-state index contributed by atoms with van der Waals surface area (Å²) in [4.78, 5) is 37.5. The molecule has 2 aliphatic rings. The molecule has 3 amide bonds. The normalized spacial score (nSPS) is 19.7. The van der Waals surface area contributed by atoms with E-state index in [-0.39, 0.29) is 24.3 Å². The highest BCUT2D eigenvalue weighted by atomic mass is 16.5. The van der Waals surface area contributed by atoms with E-state index >= 15 is 0 Å². The fraction of sp³-hybridized carbons (Fsp3) is 0.526. The number of nitrogens with two attached hydrogens (primary N) is 1. The molecule has 26 heavy (non-hydrogen) atoms. The second-order valence-corrected chi connectivity index (χ2v) is 7.06. The summed E-state index contributed by atoms with van der Waals surface area (Å²) in [7, 11) is 0. The van der Waals surface area contributed by atoms with Gasteiger partial charge in [0.2, 0.25) is 5.91 Å². The summed E-state index contributed by atoms with van der Waals surface area (Å²) in [5, 5.41) is 3.01. The maximum absolute atomic E-state index is 12.7. The third-order valence-electron chi connectivity index (χ3n) is 4.82. The summed E-state index contributed by atoms with van der Waals surface area (Å²) in [6.07, 6.45) is 4.05. The zero-order chi connectivity index (χ0) is 18.5. The Morgan fingerprint density at radius 3 is 2.54 bits per heavy atom. The standard InChI is InChI=1S/C19H25N3O4/c20-17(23)12-26-16-7-5-14(6-8-16)19(25)22-9-1-2-15(11-22)18(24)21-10-13-3-4-13/h5-8,13,15H,1-4,9-12H2,(H2,20,23)(H,21,24). The van der Waals surface area contributed by atoms with Gasteiger partial charge in [0.25, 0.3) is 11.8 Å². The lowest BCUT2D eigenvalue weighted by atomic mass is 9.96. The van der Waals surface area contributed by atoms with Crippen LogP contribution in [0.5, 0.6) is 5.75 Å². The molecule has 1 saturated carbocycles. The number of nitrogens with zero attached hydrogens (tertiary/aromatic N) is 1. The van der Waals surface area contributed by atoms with E-state index in [1.807, 2.05) is 0 Å². The number of carbonyl (C=O) groups excluding carboxylic acids is 3. The summed E-state index contributed by atoms with van der Waals surface area (Å²) >= 11 is 0. The molecule has 140 valence electrons. The maximum Gasteiger partial charge on any atom is 0.255 e. The van der Waals surface area contributed by atoms with Crippen molar-refractivity contribution in [1.29, 1.82) is 0 Å². The van der Waals surface area contributed by atoms with Gasteiger partial charge in [-0.3, -0.25) is 14.4 Å². The summed E-state index contributed by atoms with van der Waals surface area (Å²) in [6, 6.07) is 6.60. The van der Waals surface area contributed by atoms with Gasteiger partial charge in [-0.2, -0.15) is 0 Å². The van der Waals surface area contributed by atoms with Gasteiger partial charge in [0.15, 0.2) is 6.61 Å². The second-order valence-electron chi connectivity index (χ2n) is 7.06. The SMILES string of the molecule is NC(=O)COc1ccc(C(=O)N2CCCC(C(=O)NCC3CC3)C2)cc1. The Kier molecular flexibility index (Phi) is 5.75. The van der Waals surface area contributed by atoms with Gasteiger partial charge in [-0.15, -0.1) is 0 Å². The van der Waals surface area contributed by atoms with E-state index in [2.05, 4.69) is 5.32 Å². The quantitative estimate of drug-likeness (QED) is 0.756. The van der Waals surface area contributed by atoms with E-state index in [0.717, 1.165) is 19.4 Å². The number of benzene rings is 1. The number of ether oxygens (including phenoxy) is 1. The average molecular weight is 359 g/mol. The van der Waals surface area contributed by atoms with E-state index in [9.17, 15) is 14.4 Å². The molecule has 0 bridgehead atoms. The van der Waals surface area contributed by atoms with Gasteiger partial charge >= 0.3 is 0 Å². The number of nitrogens with one attached hydrogen (secondary N) is 1. The second kappa shape index (κ2) is 8.21. The molecule has 0 radical (unpaired) electrons. The van der Waals surface area contributed by atoms with Crippen LogP contribution in [-0.4, -0.2) is 48.9 Å². The fourth-order valence-corrected chi connectivity index (χ4v) is 3.12. The van der Waals surface area contributed by atoms with Crippen LogP contribution in [0.3, 0.4) is 0 Å². The molecule has 1 aromatic carbocycles. The van der Waals surface area contributed by atoms with Crippen molar-refractivity contribution in [1.82, 2.24) is 10.2 Å². The van der Waals surface area contributed by atoms with Crippen LogP contribution in [0.2, 0.25) is 0 Å². The number of hydrogen-bond donors (Lipinski definition) is 2. The first-order valence-electron chi connectivity index (χ1n) is 9.11. The third kappa shape index (κ3) is 4.97. The van der Waals surface area contributed by atoms with E-state index in [1.165, 1.54) is 12.8 Å². The maximum atomic E-state index is 12.7. The zero-order valence-corrected chi connectivity index (χ0v) is 14.8. The summed E-state index contributed by atoms with van der Waals surface area (Å²) in [5.74, 6) is 0.414. The summed E-state index contributed by atoms with van der Waals surface area (Å²) < 4.78 is 5.20. The molecular weight excluding hydrogens is 334 g/mol. The third-order valence-corrected chi connectivity index (χ3v) is 4.82. The number of likely N-dealkylation sites (tertiary alicyclic amines) is 1. The topological polar surface area (TPSA) is 102 Å². The van der Waals surface area contributed by atoms with Crippen molar-refractivity contribution in [3.8, 4) is 5.75 Å². The van der Waals surface area contributed by atoms with Crippen LogP contribution in [0.25, 0.3) is 0 Å². The molecular formula is C19H25N3O4. The van der Waals surface area contributed by atoms with Crippen molar-refractivity contribution in [3.63, 3.8) is 0 Å². The van der Waals surface area contributed by atoms with Crippen molar-refractivity contribution >= 4 is 17.7 Å². The highest BCUT2D eigenvalue weighted by Crippen LogP contribution is 2.28. The number of rotatable bonds is 7. The number of hydrogen-bond acceptors (Lipinski definition) is 4. The Labute approximate surface area is 152 Å². The summed E-state index contributed by atoms with van der Waals surface area (Å²) in [5.41, 5.74) is 5.57. The first kappa shape index (κ1) is 18.2. The first-order valence-corrected chi connectivity index (χ1v) is 9.11. The predicted octanol–water partition coefficient (Wildman–Crippen LogP) is 0.929. The highest BCUT2D eigenvalue weighted by molar-refractivity contribution is 5.94. The lowest BCUT2D eigenvalue weighted by molar-refractivity contribution is -0.126. The van der Waals surface area contributed by atoms with Crippen molar-refractivity contribution in [2.45, 2.75) is 25.7 Å². The predicted molar refractivity (Wildman–Crippen MR) is 95.5 cm³/mol. The minimum Gasteiger partial charge on any atom is -0.484 e. The van der Waals surface area contributed by atoms with Crippen LogP contribution in [0, 0.1) is 11.8 Å². The van der Waals surface area contributed by atoms with Gasteiger partial charge in [-0.1, -0.05) is 0 Å². The fourth-order valence-electron chi connectivity index (χ4n) is 3.12. The molecule has 3 rings (SSSR count). The van der Waals surface area contributed by atoms with Crippen molar-refractivity contribution in [2.24, 2.45) is 17.6 Å². The van der Waals surface area contributed by atoms with Gasteiger partial charge < -0.3 is 20.7 Å². The van der Waals surface area contributed by atoms with Crippen LogP contribution in [0.15, 0.2) is 24.3 Å². The van der Waals surface area contributed by atoms with E-state index in [1.54, 1.807) is 29.2 Å². The van der Waals surface area contributed by atoms with Crippen LogP contribution in [0.1, 0.15) is 36.0 Å². The summed E-state index contributed by atoms with van der Waals surface area (Å²) in [6.45, 7) is 1.67. The Morgan fingerprint density at radius 1 is 1.15 bits per heavy atom. The van der Waals surface area contributed by atoms with Gasteiger partial charge in [0.05, 0.1) is 5.92 Å². The Hall–Kier alpha value is -2.57. The minimum absolute atomic E-state index is 0.0598. The first-order chi connectivity index (χ1) is 12.5. The monoisotopic (exact) mass is 359 g/mol. The molecule has 1 unspecified atom stereocenters. The number of carbonyl (C=O) groups is 3. The Balaban J connectivity index is 1.54. The van der Waals surface area contributed by atoms with Crippen LogP contribution in [0.4, 0.5) is 0 Å². The molecule has 1 aromatic rings. The number of primary amides is 1. The van der Waals surface area contributed by atoms with E-state index < -0.39 is 5.91 Å². The Bertz CT molecular complexity index is 670. The molecule has 2 fully saturated rings. The largest absolute Gasteiger partial charge is 0.484 e. The lowest BCUT2D eigenvalue weighted by Gasteiger charge is -2.32. The molecule has 7 heteroatoms. The van der Waals surface area contributed by atoms with E-state index in [0.29, 0.717) is 30.3 Å². The highest BCUT2D eigenvalue weighted by Gasteiger charge is 2.30. The van der Waals surface area contributed by atoms with Crippen LogP contribution in [-0.2, 0) is 9.59 Å². The van der Waals surface area contributed by atoms with E-state index in [4.69, 9.17) is 10.5 Å². The molecule has 1 saturated heterocycles. The van der Waals surface area contributed by atoms with Gasteiger partial charge in [0.1, 0.15) is 5.75 Å². The molecule has 1 heterocycles. The van der Waals surface area contributed by atoms with Gasteiger partial charge in [-0.25, -0.2) is 0 Å². The lowest BCUT2D eigenvalue weighted by Crippen LogP contribution is -2.45. The molecule has 3 N–H and O–H groups in total. The van der Waals surface area contributed by atoms with Crippen molar-refractivity contribution in [2.75, 3.05) is 26.2 Å². The molecule has 0 spiro atoms. The van der Waals surface area contributed by atoms with Crippen molar-refractivity contribution in [3.05, 3.63) is 29.8 Å². The van der Waals surface area contributed by atoms with Crippen molar-refractivity contribution < 1.29 is 19.1 Å². The molecule has 1 aliphatic carbocycles. The van der Waals surface area contributed by atoms with Gasteiger partial charge in [-0.05, 0) is 55.9 Å². The van der Waals surface area contributed by atoms with Gasteiger partial charge in [0, 0.05) is 25.2 Å². The van der Waals surface area contributed by atoms with Crippen LogP contribution >= 0.6 is 0 Å². The zero-order valence-electron chi connectivity index (χ0n) is 14.8. The van der Waals surface area contributed by atoms with Crippen LogP contribution < -0.4 is 15.8 Å². The minimum atomic E-state index is -0.551. The molecule has 7 nitrogen and oxygen atoms in total.